The number of hydrogen-bond acceptors (Lipinski definition) is 2. The molecule has 0 heterocycles. The molecule has 0 radical (unpaired) electrons. The number of benzene rings is 6. The van der Waals surface area contributed by atoms with Crippen LogP contribution in [0.15, 0.2) is 158 Å². The summed E-state index contributed by atoms with van der Waals surface area (Å²) < 4.78 is 0. The quantitative estimate of drug-likeness (QED) is 0.176. The monoisotopic (exact) mass is 578 g/mol. The minimum Gasteiger partial charge on any atom is -0.350 e. The van der Waals surface area contributed by atoms with Gasteiger partial charge < -0.3 is 9.79 Å². The highest BCUT2D eigenvalue weighted by Crippen LogP contribution is 2.59. The molecule has 2 N–H and O–H groups in total. The summed E-state index contributed by atoms with van der Waals surface area (Å²) in [6, 6.07) is 54.6. The van der Waals surface area contributed by atoms with Crippen LogP contribution in [0.1, 0.15) is 30.9 Å². The Morgan fingerprint density at radius 2 is 0.651 bits per heavy atom. The van der Waals surface area contributed by atoms with E-state index in [9.17, 15) is 9.79 Å². The van der Waals surface area contributed by atoms with Crippen LogP contribution in [0.3, 0.4) is 0 Å². The molecular weight excluding hydrogens is 543 g/mol. The first-order valence-electron chi connectivity index (χ1n) is 14.6. The molecule has 0 unspecified atom stereocenters. The second-order valence-electron chi connectivity index (χ2n) is 11.4. The Balaban J connectivity index is 1.79. The molecular formula is C40H35O2P. The lowest BCUT2D eigenvalue weighted by Crippen LogP contribution is -2.30. The van der Waals surface area contributed by atoms with Gasteiger partial charge >= 0.3 is 0 Å². The van der Waals surface area contributed by atoms with Gasteiger partial charge in [0.15, 0.2) is 8.38 Å². The van der Waals surface area contributed by atoms with Crippen LogP contribution in [0.4, 0.5) is 0 Å². The van der Waals surface area contributed by atoms with Crippen molar-refractivity contribution in [2.24, 2.45) is 0 Å². The third kappa shape index (κ3) is 5.70. The molecule has 6 aromatic carbocycles. The molecule has 0 fully saturated rings. The van der Waals surface area contributed by atoms with Crippen molar-refractivity contribution in [1.82, 2.24) is 0 Å². The molecule has 0 aliphatic carbocycles. The van der Waals surface area contributed by atoms with Gasteiger partial charge in [0.25, 0.3) is 0 Å². The standard InChI is InChI=1S/C40H35O2P/c1-40(2,43(41)42)39(37-33(29-17-7-3-8-18-29)25-15-26-34(37)30-19-9-4-10-20-30)38-35(31-21-11-5-12-22-31)27-16-28-36(38)32-23-13-6-14-24-32/h3-28,39,41-42H,1-2H3. The zero-order chi connectivity index (χ0) is 29.8. The molecule has 0 saturated heterocycles. The Kier molecular flexibility index (Phi) is 8.36. The Labute approximate surface area is 255 Å². The fourth-order valence-electron chi connectivity index (χ4n) is 6.20. The molecule has 212 valence electrons. The van der Waals surface area contributed by atoms with Crippen molar-refractivity contribution < 1.29 is 9.79 Å². The Bertz CT molecular complexity index is 1560. The van der Waals surface area contributed by atoms with Gasteiger partial charge in [-0.25, -0.2) is 0 Å². The predicted molar refractivity (Wildman–Crippen MR) is 182 cm³/mol. The van der Waals surface area contributed by atoms with Crippen LogP contribution in [-0.4, -0.2) is 14.9 Å². The van der Waals surface area contributed by atoms with Crippen molar-refractivity contribution in [3.8, 4) is 44.5 Å². The van der Waals surface area contributed by atoms with Crippen molar-refractivity contribution in [2.45, 2.75) is 24.9 Å². The van der Waals surface area contributed by atoms with Crippen molar-refractivity contribution in [3.63, 3.8) is 0 Å². The van der Waals surface area contributed by atoms with E-state index in [1.807, 2.05) is 38.1 Å². The number of hydrogen-bond donors (Lipinski definition) is 2. The SMILES string of the molecule is CC(C)(C(c1c(-c2ccccc2)cccc1-c1ccccc1)c1c(-c2ccccc2)cccc1-c1ccccc1)P(O)O. The normalized spacial score (nSPS) is 11.7. The van der Waals surface area contributed by atoms with E-state index in [-0.39, 0.29) is 5.92 Å². The molecule has 0 spiro atoms. The van der Waals surface area contributed by atoms with Crippen molar-refractivity contribution >= 4 is 8.38 Å². The molecule has 0 saturated carbocycles. The lowest BCUT2D eigenvalue weighted by atomic mass is 9.71. The fourth-order valence-corrected chi connectivity index (χ4v) is 6.69. The summed E-state index contributed by atoms with van der Waals surface area (Å²) in [6.45, 7) is 3.99. The number of rotatable bonds is 8. The molecule has 2 nitrogen and oxygen atoms in total. The van der Waals surface area contributed by atoms with Crippen LogP contribution in [0, 0.1) is 0 Å². The van der Waals surface area contributed by atoms with Crippen LogP contribution < -0.4 is 0 Å². The molecule has 0 aliphatic heterocycles. The molecule has 0 amide bonds. The van der Waals surface area contributed by atoms with Gasteiger partial charge in [0, 0.05) is 11.1 Å². The van der Waals surface area contributed by atoms with E-state index in [1.54, 1.807) is 0 Å². The lowest BCUT2D eigenvalue weighted by Gasteiger charge is -2.40. The zero-order valence-electron chi connectivity index (χ0n) is 24.4. The van der Waals surface area contributed by atoms with Crippen LogP contribution >= 0.6 is 8.38 Å². The molecule has 0 aliphatic rings. The van der Waals surface area contributed by atoms with Gasteiger partial charge in [-0.1, -0.05) is 172 Å². The third-order valence-electron chi connectivity index (χ3n) is 8.35. The minimum atomic E-state index is -2.36. The summed E-state index contributed by atoms with van der Waals surface area (Å²) in [5, 5.41) is -0.918. The summed E-state index contributed by atoms with van der Waals surface area (Å²) >= 11 is 0. The molecule has 6 rings (SSSR count). The average molecular weight is 579 g/mol. The smallest absolute Gasteiger partial charge is 0.172 e. The highest BCUT2D eigenvalue weighted by Gasteiger charge is 2.43. The highest BCUT2D eigenvalue weighted by atomic mass is 31.2. The van der Waals surface area contributed by atoms with E-state index in [4.69, 9.17) is 0 Å². The van der Waals surface area contributed by atoms with Gasteiger partial charge in [-0.15, -0.1) is 0 Å². The highest BCUT2D eigenvalue weighted by molar-refractivity contribution is 7.47. The Morgan fingerprint density at radius 3 is 0.884 bits per heavy atom. The molecule has 43 heavy (non-hydrogen) atoms. The van der Waals surface area contributed by atoms with Crippen LogP contribution in [0.2, 0.25) is 0 Å². The van der Waals surface area contributed by atoms with Crippen LogP contribution in [-0.2, 0) is 0 Å². The second-order valence-corrected chi connectivity index (χ2v) is 13.1. The Morgan fingerprint density at radius 1 is 0.395 bits per heavy atom. The van der Waals surface area contributed by atoms with E-state index in [0.717, 1.165) is 55.6 Å². The van der Waals surface area contributed by atoms with Gasteiger partial charge in [0.2, 0.25) is 0 Å². The summed E-state index contributed by atoms with van der Waals surface area (Å²) in [4.78, 5) is 22.5. The average Bonchev–Trinajstić information content (AvgIpc) is 3.06. The maximum Gasteiger partial charge on any atom is 0.172 e. The predicted octanol–water partition coefficient (Wildman–Crippen LogP) is 10.6. The van der Waals surface area contributed by atoms with Crippen molar-refractivity contribution in [1.29, 1.82) is 0 Å². The molecule has 0 aromatic heterocycles. The fraction of sp³-hybridized carbons (Fsp3) is 0.100. The molecule has 6 aromatic rings. The zero-order valence-corrected chi connectivity index (χ0v) is 25.3. The van der Waals surface area contributed by atoms with E-state index in [1.165, 1.54) is 0 Å². The maximum atomic E-state index is 11.2. The molecule has 0 atom stereocenters. The van der Waals surface area contributed by atoms with E-state index in [2.05, 4.69) is 133 Å². The first-order valence-corrected chi connectivity index (χ1v) is 15.9. The van der Waals surface area contributed by atoms with Gasteiger partial charge in [-0.3, -0.25) is 0 Å². The van der Waals surface area contributed by atoms with Gasteiger partial charge in [0.05, 0.1) is 0 Å². The summed E-state index contributed by atoms with van der Waals surface area (Å²) in [5.74, 6) is -0.383. The summed E-state index contributed by atoms with van der Waals surface area (Å²) in [7, 11) is -2.36. The second kappa shape index (κ2) is 12.5. The van der Waals surface area contributed by atoms with Crippen molar-refractivity contribution in [3.05, 3.63) is 169 Å². The van der Waals surface area contributed by atoms with Gasteiger partial charge in [-0.05, 0) is 55.6 Å². The Hall–Kier alpha value is -4.33. The largest absolute Gasteiger partial charge is 0.350 e. The molecule has 0 bridgehead atoms. The van der Waals surface area contributed by atoms with Gasteiger partial charge in [-0.2, -0.15) is 0 Å². The summed E-state index contributed by atoms with van der Waals surface area (Å²) in [5.41, 5.74) is 10.9. The van der Waals surface area contributed by atoms with Crippen LogP contribution in [0.25, 0.3) is 44.5 Å². The topological polar surface area (TPSA) is 40.5 Å². The van der Waals surface area contributed by atoms with Crippen molar-refractivity contribution in [2.75, 3.05) is 0 Å². The first kappa shape index (κ1) is 28.8. The van der Waals surface area contributed by atoms with Gasteiger partial charge in [0.1, 0.15) is 0 Å². The minimum absolute atomic E-state index is 0.383. The third-order valence-corrected chi connectivity index (χ3v) is 9.64. The lowest BCUT2D eigenvalue weighted by molar-refractivity contribution is 0.420. The van der Waals surface area contributed by atoms with E-state index < -0.39 is 13.5 Å². The maximum absolute atomic E-state index is 11.2. The summed E-state index contributed by atoms with van der Waals surface area (Å²) in [6.07, 6.45) is 0. The van der Waals surface area contributed by atoms with E-state index in [0.29, 0.717) is 0 Å². The van der Waals surface area contributed by atoms with Crippen LogP contribution in [0.5, 0.6) is 0 Å². The van der Waals surface area contributed by atoms with E-state index >= 15 is 0 Å². The molecule has 3 heteroatoms. The first-order chi connectivity index (χ1) is 21.0.